The van der Waals surface area contributed by atoms with Crippen LogP contribution in [0.15, 0.2) is 42.0 Å². The van der Waals surface area contributed by atoms with Crippen molar-refractivity contribution in [1.29, 1.82) is 0 Å². The lowest BCUT2D eigenvalue weighted by Crippen LogP contribution is -2.78. The van der Waals surface area contributed by atoms with Gasteiger partial charge < -0.3 is 78.0 Å². The highest BCUT2D eigenvalue weighted by Crippen LogP contribution is 2.71. The molecular weight excluding hydrogens is 861 g/mol. The van der Waals surface area contributed by atoms with Gasteiger partial charge in [-0.05, 0) is 90.2 Å². The van der Waals surface area contributed by atoms with E-state index >= 15 is 0 Å². The first kappa shape index (κ1) is 50.2. The average molecular weight is 935 g/mol. The first-order chi connectivity index (χ1) is 31.2. The summed E-state index contributed by atoms with van der Waals surface area (Å²) >= 11 is 0. The van der Waals surface area contributed by atoms with E-state index in [4.69, 9.17) is 47.4 Å². The lowest BCUT2D eigenvalue weighted by Gasteiger charge is -2.67. The highest BCUT2D eigenvalue weighted by molar-refractivity contribution is 5.89. The smallest absolute Gasteiger partial charge is 0.338 e. The third-order valence-electron chi connectivity index (χ3n) is 17.4. The molecule has 0 bridgehead atoms. The number of esters is 1. The molecule has 0 aromatic heterocycles. The number of carbonyl (C=O) groups excluding carboxylic acids is 1. The van der Waals surface area contributed by atoms with Crippen LogP contribution in [0.1, 0.15) is 110 Å². The number of rotatable bonds is 12. The summed E-state index contributed by atoms with van der Waals surface area (Å²) in [5.74, 6) is -1.15. The van der Waals surface area contributed by atoms with Crippen LogP contribution in [-0.4, -0.2) is 173 Å². The van der Waals surface area contributed by atoms with Gasteiger partial charge in [-0.1, -0.05) is 43.7 Å². The fourth-order valence-electron chi connectivity index (χ4n) is 13.3. The Bertz CT molecular complexity index is 1890. The SMILES string of the molecule is COC1CC(OC2CCC3(C)C(=CCC4(O)C3CC(OC(=O)c3ccccc3)C3(C)C(O)(C(C)O)CCC43O)C2)OC(C)C1OC1CC(OC)C(OC2OC(C)C(O)C(OC)C2O)C(C)O1. The van der Waals surface area contributed by atoms with Crippen LogP contribution in [0.4, 0.5) is 0 Å². The van der Waals surface area contributed by atoms with Crippen molar-refractivity contribution in [1.82, 2.24) is 0 Å². The summed E-state index contributed by atoms with van der Waals surface area (Å²) in [4.78, 5) is 13.7. The second-order valence-electron chi connectivity index (χ2n) is 20.6. The van der Waals surface area contributed by atoms with E-state index in [0.717, 1.165) is 5.57 Å². The fourth-order valence-corrected chi connectivity index (χ4v) is 13.3. The van der Waals surface area contributed by atoms with Crippen molar-refractivity contribution < 1.29 is 82.8 Å². The standard InChI is InChI=1S/C49H74O17/c1-25-38(51)42(59-9)39(52)44(62-25)66-41-27(3)61-37(23-33(41)58-8)65-40-26(2)60-36(22-32(40)57-7)63-31-16-17-45(5)30(21-31)15-18-48(55)34(45)24-35(64-43(53)29-13-11-10-12-14-29)46(6)47(54,28(4)50)19-20-49(46,48)56/h10-15,25-28,31-42,44,50-52,54-56H,16-24H2,1-9H3. The van der Waals surface area contributed by atoms with E-state index in [9.17, 15) is 35.4 Å². The number of ether oxygens (including phenoxy) is 10. The third kappa shape index (κ3) is 8.12. The maximum atomic E-state index is 13.7. The topological polar surface area (TPSA) is 231 Å². The van der Waals surface area contributed by atoms with Gasteiger partial charge in [0, 0.05) is 40.1 Å². The Balaban J connectivity index is 0.924. The molecule has 22 atom stereocenters. The minimum absolute atomic E-state index is 0.0149. The summed E-state index contributed by atoms with van der Waals surface area (Å²) < 4.78 is 61.7. The van der Waals surface area contributed by atoms with Crippen molar-refractivity contribution >= 4 is 5.97 Å². The molecule has 0 amide bonds. The molecule has 1 aromatic rings. The number of benzene rings is 1. The minimum Gasteiger partial charge on any atom is -0.458 e. The molecule has 17 nitrogen and oxygen atoms in total. The van der Waals surface area contributed by atoms with Crippen LogP contribution in [0, 0.1) is 16.7 Å². The summed E-state index contributed by atoms with van der Waals surface area (Å²) in [5, 5.41) is 70.5. The summed E-state index contributed by atoms with van der Waals surface area (Å²) in [6.45, 7) is 10.7. The molecule has 22 unspecified atom stereocenters. The molecule has 0 radical (unpaired) electrons. The van der Waals surface area contributed by atoms with Gasteiger partial charge in [-0.3, -0.25) is 0 Å². The zero-order valence-corrected chi connectivity index (χ0v) is 39.8. The largest absolute Gasteiger partial charge is 0.458 e. The second kappa shape index (κ2) is 18.9. The molecule has 3 saturated carbocycles. The zero-order chi connectivity index (χ0) is 47.7. The van der Waals surface area contributed by atoms with Crippen LogP contribution >= 0.6 is 0 Å². The van der Waals surface area contributed by atoms with Gasteiger partial charge in [0.25, 0.3) is 0 Å². The number of aliphatic hydroxyl groups is 6. The van der Waals surface area contributed by atoms with Gasteiger partial charge in [0.1, 0.15) is 53.4 Å². The number of carbonyl (C=O) groups is 1. The maximum absolute atomic E-state index is 13.7. The van der Waals surface area contributed by atoms with Crippen molar-refractivity contribution in [3.05, 3.63) is 47.5 Å². The third-order valence-corrected chi connectivity index (χ3v) is 17.4. The predicted octanol–water partition coefficient (Wildman–Crippen LogP) is 3.06. The van der Waals surface area contributed by atoms with Crippen molar-refractivity contribution in [3.8, 4) is 0 Å². The van der Waals surface area contributed by atoms with E-state index < -0.39 is 132 Å². The molecule has 66 heavy (non-hydrogen) atoms. The molecule has 3 aliphatic heterocycles. The quantitative estimate of drug-likeness (QED) is 0.131. The molecule has 1 aromatic carbocycles. The van der Waals surface area contributed by atoms with Crippen LogP contribution in [0.25, 0.3) is 0 Å². The molecule has 3 saturated heterocycles. The number of fused-ring (bicyclic) bond motifs is 5. The first-order valence-electron chi connectivity index (χ1n) is 23.9. The Labute approximate surface area is 387 Å². The number of methoxy groups -OCH3 is 3. The van der Waals surface area contributed by atoms with Crippen LogP contribution in [-0.2, 0) is 47.4 Å². The average Bonchev–Trinajstić information content (AvgIpc) is 3.52. The lowest BCUT2D eigenvalue weighted by atomic mass is 9.42. The molecule has 6 fully saturated rings. The van der Waals surface area contributed by atoms with Gasteiger partial charge in [-0.2, -0.15) is 0 Å². The van der Waals surface area contributed by atoms with Crippen molar-refractivity contribution in [3.63, 3.8) is 0 Å². The van der Waals surface area contributed by atoms with Gasteiger partial charge >= 0.3 is 5.97 Å². The van der Waals surface area contributed by atoms with Crippen LogP contribution in [0.2, 0.25) is 0 Å². The van der Waals surface area contributed by atoms with Gasteiger partial charge in [0.05, 0.1) is 53.7 Å². The van der Waals surface area contributed by atoms with E-state index in [1.807, 2.05) is 19.9 Å². The Morgan fingerprint density at radius 1 is 0.758 bits per heavy atom. The van der Waals surface area contributed by atoms with Crippen molar-refractivity contribution in [2.24, 2.45) is 16.7 Å². The molecule has 3 heterocycles. The Hall–Kier alpha value is -2.17. The number of hydrogen-bond acceptors (Lipinski definition) is 17. The molecule has 6 N–H and O–H groups in total. The second-order valence-corrected chi connectivity index (χ2v) is 20.6. The Morgan fingerprint density at radius 3 is 1.98 bits per heavy atom. The van der Waals surface area contributed by atoms with Crippen molar-refractivity contribution in [2.45, 2.75) is 214 Å². The van der Waals surface area contributed by atoms with Crippen molar-refractivity contribution in [2.75, 3.05) is 21.3 Å². The normalized spacial score (nSPS) is 49.8. The molecule has 372 valence electrons. The highest BCUT2D eigenvalue weighted by atomic mass is 16.8. The maximum Gasteiger partial charge on any atom is 0.338 e. The van der Waals surface area contributed by atoms with E-state index in [0.29, 0.717) is 37.7 Å². The van der Waals surface area contributed by atoms with Gasteiger partial charge in [0.2, 0.25) is 0 Å². The molecule has 4 aliphatic carbocycles. The van der Waals surface area contributed by atoms with E-state index in [2.05, 4.69) is 6.92 Å². The van der Waals surface area contributed by atoms with Crippen LogP contribution in [0.3, 0.4) is 0 Å². The Morgan fingerprint density at radius 2 is 1.38 bits per heavy atom. The molecular formula is C49H74O17. The minimum atomic E-state index is -1.90. The summed E-state index contributed by atoms with van der Waals surface area (Å²) in [7, 11) is 4.62. The van der Waals surface area contributed by atoms with E-state index in [-0.39, 0.29) is 31.8 Å². The van der Waals surface area contributed by atoms with Gasteiger partial charge in [-0.15, -0.1) is 0 Å². The van der Waals surface area contributed by atoms with Crippen LogP contribution in [0.5, 0.6) is 0 Å². The summed E-state index contributed by atoms with van der Waals surface area (Å²) in [5.41, 5.74) is -6.24. The number of hydrogen-bond donors (Lipinski definition) is 6. The zero-order valence-electron chi connectivity index (χ0n) is 39.8. The lowest BCUT2D eigenvalue weighted by molar-refractivity contribution is -0.352. The van der Waals surface area contributed by atoms with E-state index in [1.54, 1.807) is 58.4 Å². The molecule has 0 spiro atoms. The molecule has 17 heteroatoms. The molecule has 7 aliphatic rings. The summed E-state index contributed by atoms with van der Waals surface area (Å²) in [6, 6.07) is 8.57. The fraction of sp³-hybridized carbons (Fsp3) is 0.816. The monoisotopic (exact) mass is 934 g/mol. The Kier molecular flexibility index (Phi) is 14.4. The summed E-state index contributed by atoms with van der Waals surface area (Å²) in [6.07, 6.45) is -6.92. The van der Waals surface area contributed by atoms with Crippen LogP contribution < -0.4 is 0 Å². The highest BCUT2D eigenvalue weighted by Gasteiger charge is 2.81. The number of aliphatic hydroxyl groups excluding tert-OH is 3. The van der Waals surface area contributed by atoms with E-state index in [1.165, 1.54) is 14.0 Å². The predicted molar refractivity (Wildman–Crippen MR) is 234 cm³/mol. The van der Waals surface area contributed by atoms with Gasteiger partial charge in [0.15, 0.2) is 18.9 Å². The first-order valence-corrected chi connectivity index (χ1v) is 23.9. The molecule has 8 rings (SSSR count). The van der Waals surface area contributed by atoms with Gasteiger partial charge in [-0.25, -0.2) is 4.79 Å².